The maximum absolute atomic E-state index is 12.1. The molecular formula is C15H14N2O2S2. The molecule has 0 heterocycles. The second kappa shape index (κ2) is 6.66. The first-order chi connectivity index (χ1) is 10.0. The summed E-state index contributed by atoms with van der Waals surface area (Å²) in [6.45, 7) is 0. The van der Waals surface area contributed by atoms with Crippen molar-refractivity contribution >= 4 is 27.5 Å². The van der Waals surface area contributed by atoms with E-state index in [2.05, 4.69) is 4.72 Å². The molecule has 0 atom stereocenters. The third-order valence-electron chi connectivity index (χ3n) is 2.78. The number of anilines is 1. The highest BCUT2D eigenvalue weighted by Gasteiger charge is 2.12. The van der Waals surface area contributed by atoms with Gasteiger partial charge >= 0.3 is 0 Å². The molecule has 0 aliphatic rings. The molecule has 1 N–H and O–H groups in total. The lowest BCUT2D eigenvalue weighted by Crippen LogP contribution is -2.15. The zero-order valence-electron chi connectivity index (χ0n) is 11.4. The number of benzene rings is 2. The van der Waals surface area contributed by atoms with Crippen LogP contribution in [0.1, 0.15) is 11.1 Å². The van der Waals surface area contributed by atoms with Gasteiger partial charge in [-0.15, -0.1) is 11.8 Å². The molecular weight excluding hydrogens is 304 g/mol. The molecule has 0 bridgehead atoms. The van der Waals surface area contributed by atoms with E-state index < -0.39 is 10.0 Å². The highest BCUT2D eigenvalue weighted by molar-refractivity contribution is 7.98. The van der Waals surface area contributed by atoms with E-state index in [0.717, 1.165) is 4.90 Å². The number of rotatable bonds is 5. The molecule has 4 nitrogen and oxygen atoms in total. The molecule has 108 valence electrons. The first kappa shape index (κ1) is 15.4. The van der Waals surface area contributed by atoms with Crippen LogP contribution in [0.5, 0.6) is 0 Å². The second-order valence-electron chi connectivity index (χ2n) is 4.40. The predicted molar refractivity (Wildman–Crippen MR) is 85.6 cm³/mol. The lowest BCUT2D eigenvalue weighted by atomic mass is 10.2. The van der Waals surface area contributed by atoms with Gasteiger partial charge in [-0.1, -0.05) is 18.2 Å². The number of sulfonamides is 1. The average Bonchev–Trinajstić information content (AvgIpc) is 2.47. The van der Waals surface area contributed by atoms with Crippen LogP contribution in [0.4, 0.5) is 5.69 Å². The van der Waals surface area contributed by atoms with Gasteiger partial charge in [-0.05, 0) is 42.2 Å². The maximum Gasteiger partial charge on any atom is 0.236 e. The normalized spacial score (nSPS) is 10.9. The van der Waals surface area contributed by atoms with Crippen LogP contribution in [0.15, 0.2) is 53.4 Å². The molecule has 2 aromatic carbocycles. The topological polar surface area (TPSA) is 70.0 Å². The molecule has 21 heavy (non-hydrogen) atoms. The molecule has 2 rings (SSSR count). The summed E-state index contributed by atoms with van der Waals surface area (Å²) in [5.41, 5.74) is 1.70. The van der Waals surface area contributed by atoms with E-state index in [1.54, 1.807) is 48.2 Å². The highest BCUT2D eigenvalue weighted by Crippen LogP contribution is 2.20. The first-order valence-corrected chi connectivity index (χ1v) is 9.04. The maximum atomic E-state index is 12.1. The Hall–Kier alpha value is -1.97. The van der Waals surface area contributed by atoms with Crippen LogP contribution in [0.3, 0.4) is 0 Å². The Morgan fingerprint density at radius 1 is 1.19 bits per heavy atom. The fourth-order valence-electron chi connectivity index (χ4n) is 1.80. The lowest BCUT2D eigenvalue weighted by Gasteiger charge is -2.09. The van der Waals surface area contributed by atoms with Gasteiger partial charge in [0, 0.05) is 10.6 Å². The van der Waals surface area contributed by atoms with E-state index in [0.29, 0.717) is 16.8 Å². The Labute approximate surface area is 128 Å². The van der Waals surface area contributed by atoms with Crippen LogP contribution >= 0.6 is 11.8 Å². The summed E-state index contributed by atoms with van der Waals surface area (Å²) >= 11 is 1.55. The zero-order valence-corrected chi connectivity index (χ0v) is 13.0. The summed E-state index contributed by atoms with van der Waals surface area (Å²) in [7, 11) is -3.47. The zero-order chi connectivity index (χ0) is 15.3. The minimum Gasteiger partial charge on any atom is -0.283 e. The van der Waals surface area contributed by atoms with Crippen molar-refractivity contribution in [1.82, 2.24) is 0 Å². The molecule has 6 heteroatoms. The van der Waals surface area contributed by atoms with Gasteiger partial charge in [0.2, 0.25) is 10.0 Å². The van der Waals surface area contributed by atoms with Crippen molar-refractivity contribution in [2.45, 2.75) is 10.6 Å². The summed E-state index contributed by atoms with van der Waals surface area (Å²) in [4.78, 5) is 0.994. The van der Waals surface area contributed by atoms with Gasteiger partial charge in [0.1, 0.15) is 0 Å². The third kappa shape index (κ3) is 4.52. The SMILES string of the molecule is CSc1cccc(NS(=O)(=O)Cc2ccc(C#N)cc2)c1. The van der Waals surface area contributed by atoms with Gasteiger partial charge in [-0.3, -0.25) is 4.72 Å². The monoisotopic (exact) mass is 318 g/mol. The Bertz CT molecular complexity index is 763. The predicted octanol–water partition coefficient (Wildman–Crippen LogP) is 3.22. The minimum absolute atomic E-state index is 0.123. The number of nitriles is 1. The first-order valence-electron chi connectivity index (χ1n) is 6.16. The van der Waals surface area contributed by atoms with E-state index in [4.69, 9.17) is 5.26 Å². The number of thioether (sulfide) groups is 1. The van der Waals surface area contributed by atoms with Gasteiger partial charge in [0.15, 0.2) is 0 Å². The Kier molecular flexibility index (Phi) is 4.89. The molecule has 0 radical (unpaired) electrons. The molecule has 0 aliphatic heterocycles. The van der Waals surface area contributed by atoms with Gasteiger partial charge in [0.25, 0.3) is 0 Å². The van der Waals surface area contributed by atoms with Crippen LogP contribution in [0.2, 0.25) is 0 Å². The van der Waals surface area contributed by atoms with Crippen LogP contribution in [-0.4, -0.2) is 14.7 Å². The quantitative estimate of drug-likeness (QED) is 0.859. The molecule has 0 aromatic heterocycles. The number of nitrogens with zero attached hydrogens (tertiary/aromatic N) is 1. The molecule has 0 aliphatic carbocycles. The average molecular weight is 318 g/mol. The molecule has 2 aromatic rings. The summed E-state index contributed by atoms with van der Waals surface area (Å²) in [6.07, 6.45) is 1.93. The van der Waals surface area contributed by atoms with E-state index >= 15 is 0 Å². The molecule has 0 fully saturated rings. The summed E-state index contributed by atoms with van der Waals surface area (Å²) in [5.74, 6) is -0.123. The van der Waals surface area contributed by atoms with Gasteiger partial charge in [-0.2, -0.15) is 5.26 Å². The van der Waals surface area contributed by atoms with Crippen molar-refractivity contribution in [2.75, 3.05) is 11.0 Å². The van der Waals surface area contributed by atoms with Crippen molar-refractivity contribution in [3.8, 4) is 6.07 Å². The van der Waals surface area contributed by atoms with E-state index in [9.17, 15) is 8.42 Å². The fraction of sp³-hybridized carbons (Fsp3) is 0.133. The number of hydrogen-bond acceptors (Lipinski definition) is 4. The van der Waals surface area contributed by atoms with Crippen molar-refractivity contribution in [3.05, 3.63) is 59.7 Å². The van der Waals surface area contributed by atoms with Crippen LogP contribution in [0, 0.1) is 11.3 Å². The largest absolute Gasteiger partial charge is 0.283 e. The lowest BCUT2D eigenvalue weighted by molar-refractivity contribution is 0.600. The summed E-state index contributed by atoms with van der Waals surface area (Å²) < 4.78 is 26.8. The summed E-state index contributed by atoms with van der Waals surface area (Å²) in [5, 5.41) is 8.72. The number of hydrogen-bond donors (Lipinski definition) is 1. The number of nitrogens with one attached hydrogen (secondary N) is 1. The van der Waals surface area contributed by atoms with Crippen molar-refractivity contribution < 1.29 is 8.42 Å². The molecule has 0 spiro atoms. The smallest absolute Gasteiger partial charge is 0.236 e. The fourth-order valence-corrected chi connectivity index (χ4v) is 3.45. The van der Waals surface area contributed by atoms with Crippen molar-refractivity contribution in [2.24, 2.45) is 0 Å². The molecule has 0 saturated carbocycles. The standard InChI is InChI=1S/C15H14N2O2S2/c1-20-15-4-2-3-14(9-15)17-21(18,19)11-13-7-5-12(10-16)6-8-13/h2-9,17H,11H2,1H3. The Morgan fingerprint density at radius 3 is 2.52 bits per heavy atom. The molecule has 0 saturated heterocycles. The van der Waals surface area contributed by atoms with Crippen LogP contribution in [0.25, 0.3) is 0 Å². The highest BCUT2D eigenvalue weighted by atomic mass is 32.2. The molecule has 0 unspecified atom stereocenters. The van der Waals surface area contributed by atoms with Gasteiger partial charge < -0.3 is 0 Å². The molecule has 0 amide bonds. The van der Waals surface area contributed by atoms with Crippen molar-refractivity contribution in [3.63, 3.8) is 0 Å². The van der Waals surface area contributed by atoms with E-state index in [1.807, 2.05) is 24.5 Å². The van der Waals surface area contributed by atoms with Crippen molar-refractivity contribution in [1.29, 1.82) is 5.26 Å². The Balaban J connectivity index is 2.12. The Morgan fingerprint density at radius 2 is 1.90 bits per heavy atom. The second-order valence-corrected chi connectivity index (χ2v) is 7.00. The van der Waals surface area contributed by atoms with Crippen LogP contribution in [-0.2, 0) is 15.8 Å². The third-order valence-corrected chi connectivity index (χ3v) is 4.77. The van der Waals surface area contributed by atoms with Gasteiger partial charge in [0.05, 0.1) is 17.4 Å². The summed E-state index contributed by atoms with van der Waals surface area (Å²) in [6, 6.07) is 15.8. The van der Waals surface area contributed by atoms with E-state index in [1.165, 1.54) is 0 Å². The van der Waals surface area contributed by atoms with E-state index in [-0.39, 0.29) is 5.75 Å². The van der Waals surface area contributed by atoms with Crippen LogP contribution < -0.4 is 4.72 Å². The minimum atomic E-state index is -3.47. The van der Waals surface area contributed by atoms with Gasteiger partial charge in [-0.25, -0.2) is 8.42 Å².